The molecule has 0 saturated carbocycles. The highest BCUT2D eigenvalue weighted by atomic mass is 79.9. The second kappa shape index (κ2) is 7.59. The molecule has 0 aliphatic carbocycles. The van der Waals surface area contributed by atoms with Gasteiger partial charge in [0.15, 0.2) is 6.61 Å². The minimum absolute atomic E-state index is 0.150. The fourth-order valence-electron chi connectivity index (χ4n) is 1.45. The van der Waals surface area contributed by atoms with Gasteiger partial charge in [0.25, 0.3) is 5.91 Å². The smallest absolute Gasteiger partial charge is 0.277 e. The minimum Gasteiger partial charge on any atom is -0.482 e. The molecule has 4 nitrogen and oxygen atoms in total. The van der Waals surface area contributed by atoms with Crippen LogP contribution < -0.4 is 10.2 Å². The third-order valence-corrected chi connectivity index (χ3v) is 4.25. The standard InChI is InChI=1S/C14H12BrClN2O2S/c1-9(13-3-2-6-21-13)17-18-14(19)8-20-12-5-4-10(15)7-11(12)16/h2-7H,8H2,1H3,(H,18,19)/b17-9+. The van der Waals surface area contributed by atoms with Gasteiger partial charge in [-0.2, -0.15) is 5.10 Å². The van der Waals surface area contributed by atoms with Crippen molar-refractivity contribution in [2.45, 2.75) is 6.92 Å². The molecule has 1 amide bonds. The van der Waals surface area contributed by atoms with Crippen LogP contribution in [-0.4, -0.2) is 18.2 Å². The van der Waals surface area contributed by atoms with E-state index in [1.54, 1.807) is 29.5 Å². The molecule has 0 fully saturated rings. The lowest BCUT2D eigenvalue weighted by Gasteiger charge is -2.07. The number of ether oxygens (including phenoxy) is 1. The van der Waals surface area contributed by atoms with Gasteiger partial charge in [-0.1, -0.05) is 33.6 Å². The second-order valence-electron chi connectivity index (χ2n) is 4.07. The van der Waals surface area contributed by atoms with E-state index in [2.05, 4.69) is 26.5 Å². The van der Waals surface area contributed by atoms with E-state index in [9.17, 15) is 4.79 Å². The summed E-state index contributed by atoms with van der Waals surface area (Å²) in [5.41, 5.74) is 3.20. The van der Waals surface area contributed by atoms with Crippen molar-refractivity contribution in [2.24, 2.45) is 5.10 Å². The molecule has 0 radical (unpaired) electrons. The summed E-state index contributed by atoms with van der Waals surface area (Å²) in [5.74, 6) is 0.110. The van der Waals surface area contributed by atoms with Crippen molar-refractivity contribution in [1.29, 1.82) is 0 Å². The average molecular weight is 388 g/mol. The summed E-state index contributed by atoms with van der Waals surface area (Å²) in [4.78, 5) is 12.7. The summed E-state index contributed by atoms with van der Waals surface area (Å²) in [7, 11) is 0. The maximum Gasteiger partial charge on any atom is 0.277 e. The zero-order valence-corrected chi connectivity index (χ0v) is 14.3. The molecule has 0 saturated heterocycles. The van der Waals surface area contributed by atoms with Crippen LogP contribution in [0.25, 0.3) is 0 Å². The van der Waals surface area contributed by atoms with Crippen LogP contribution in [0.1, 0.15) is 11.8 Å². The molecule has 21 heavy (non-hydrogen) atoms. The molecule has 1 heterocycles. The molecule has 1 aromatic carbocycles. The molecule has 2 aromatic rings. The van der Waals surface area contributed by atoms with Crippen LogP contribution in [0.2, 0.25) is 5.02 Å². The summed E-state index contributed by atoms with van der Waals surface area (Å²) in [6.45, 7) is 1.68. The lowest BCUT2D eigenvalue weighted by atomic mass is 10.3. The number of hydrazone groups is 1. The van der Waals surface area contributed by atoms with Crippen LogP contribution in [0.15, 0.2) is 45.3 Å². The molecular formula is C14H12BrClN2O2S. The summed E-state index contributed by atoms with van der Waals surface area (Å²) >= 11 is 10.9. The Morgan fingerprint density at radius 2 is 2.29 bits per heavy atom. The molecule has 1 N–H and O–H groups in total. The number of carbonyl (C=O) groups excluding carboxylic acids is 1. The number of nitrogens with one attached hydrogen (secondary N) is 1. The van der Waals surface area contributed by atoms with Gasteiger partial charge in [0.2, 0.25) is 0 Å². The number of hydrogen-bond donors (Lipinski definition) is 1. The van der Waals surface area contributed by atoms with Gasteiger partial charge >= 0.3 is 0 Å². The van der Waals surface area contributed by atoms with E-state index in [0.29, 0.717) is 10.8 Å². The highest BCUT2D eigenvalue weighted by Crippen LogP contribution is 2.27. The number of halogens is 2. The van der Waals surface area contributed by atoms with E-state index in [1.807, 2.05) is 24.4 Å². The Balaban J connectivity index is 1.86. The summed E-state index contributed by atoms with van der Waals surface area (Å²) < 4.78 is 6.19. The quantitative estimate of drug-likeness (QED) is 0.621. The Labute approximate surface area is 139 Å². The summed E-state index contributed by atoms with van der Waals surface area (Å²) in [6.07, 6.45) is 0. The van der Waals surface area contributed by atoms with Gasteiger partial charge < -0.3 is 4.74 Å². The van der Waals surface area contributed by atoms with Gasteiger partial charge in [0, 0.05) is 9.35 Å². The molecule has 0 spiro atoms. The predicted octanol–water partition coefficient (Wildman–Crippen LogP) is 4.08. The zero-order chi connectivity index (χ0) is 15.2. The third kappa shape index (κ3) is 4.84. The average Bonchev–Trinajstić information content (AvgIpc) is 2.98. The lowest BCUT2D eigenvalue weighted by molar-refractivity contribution is -0.123. The molecule has 110 valence electrons. The fourth-order valence-corrected chi connectivity index (χ4v) is 2.86. The van der Waals surface area contributed by atoms with Crippen LogP contribution in [-0.2, 0) is 4.79 Å². The van der Waals surface area contributed by atoms with Gasteiger partial charge in [-0.05, 0) is 36.6 Å². The van der Waals surface area contributed by atoms with Gasteiger partial charge in [0.1, 0.15) is 5.75 Å². The number of benzene rings is 1. The zero-order valence-electron chi connectivity index (χ0n) is 11.1. The van der Waals surface area contributed by atoms with Gasteiger partial charge in [-0.25, -0.2) is 5.43 Å². The van der Waals surface area contributed by atoms with Gasteiger partial charge in [-0.3, -0.25) is 4.79 Å². The summed E-state index contributed by atoms with van der Waals surface area (Å²) in [6, 6.07) is 9.05. The first-order valence-electron chi connectivity index (χ1n) is 6.01. The molecular weight excluding hydrogens is 376 g/mol. The molecule has 0 unspecified atom stereocenters. The van der Waals surface area contributed by atoms with Crippen LogP contribution >= 0.6 is 38.9 Å². The summed E-state index contributed by atoms with van der Waals surface area (Å²) in [5, 5.41) is 6.42. The fraction of sp³-hybridized carbons (Fsp3) is 0.143. The number of thiophene rings is 1. The molecule has 0 atom stereocenters. The number of amides is 1. The minimum atomic E-state index is -0.343. The van der Waals surface area contributed by atoms with Crippen LogP contribution in [0.5, 0.6) is 5.75 Å². The Morgan fingerprint density at radius 3 is 2.95 bits per heavy atom. The molecule has 2 rings (SSSR count). The first-order chi connectivity index (χ1) is 10.1. The predicted molar refractivity (Wildman–Crippen MR) is 89.3 cm³/mol. The first kappa shape index (κ1) is 16.0. The van der Waals surface area contributed by atoms with E-state index in [1.165, 1.54) is 0 Å². The van der Waals surface area contributed by atoms with Crippen molar-refractivity contribution >= 4 is 50.5 Å². The molecule has 0 bridgehead atoms. The number of carbonyl (C=O) groups is 1. The van der Waals surface area contributed by atoms with Crippen LogP contribution in [0, 0.1) is 0 Å². The maximum absolute atomic E-state index is 11.7. The normalized spacial score (nSPS) is 11.3. The second-order valence-corrected chi connectivity index (χ2v) is 6.34. The Morgan fingerprint density at radius 1 is 1.48 bits per heavy atom. The highest BCUT2D eigenvalue weighted by Gasteiger charge is 2.06. The van der Waals surface area contributed by atoms with E-state index < -0.39 is 0 Å². The van der Waals surface area contributed by atoms with Crippen molar-refractivity contribution in [3.8, 4) is 5.75 Å². The molecule has 0 aliphatic heterocycles. The highest BCUT2D eigenvalue weighted by molar-refractivity contribution is 9.10. The van der Waals surface area contributed by atoms with E-state index in [-0.39, 0.29) is 12.5 Å². The van der Waals surface area contributed by atoms with Gasteiger partial charge in [0.05, 0.1) is 10.7 Å². The SMILES string of the molecule is C/C(=N\NC(=O)COc1ccc(Br)cc1Cl)c1cccs1. The largest absolute Gasteiger partial charge is 0.482 e. The van der Waals surface area contributed by atoms with E-state index in [4.69, 9.17) is 16.3 Å². The van der Waals surface area contributed by atoms with Crippen molar-refractivity contribution in [3.63, 3.8) is 0 Å². The Kier molecular flexibility index (Phi) is 5.78. The molecule has 0 aliphatic rings. The van der Waals surface area contributed by atoms with Crippen LogP contribution in [0.3, 0.4) is 0 Å². The third-order valence-electron chi connectivity index (χ3n) is 2.48. The number of hydrogen-bond acceptors (Lipinski definition) is 4. The molecule has 7 heteroatoms. The topological polar surface area (TPSA) is 50.7 Å². The monoisotopic (exact) mass is 386 g/mol. The van der Waals surface area contributed by atoms with Crippen molar-refractivity contribution in [2.75, 3.05) is 6.61 Å². The number of nitrogens with zero attached hydrogens (tertiary/aromatic N) is 1. The van der Waals surface area contributed by atoms with E-state index in [0.717, 1.165) is 15.1 Å². The maximum atomic E-state index is 11.7. The lowest BCUT2D eigenvalue weighted by Crippen LogP contribution is -2.25. The molecule has 1 aromatic heterocycles. The Bertz CT molecular complexity index is 659. The van der Waals surface area contributed by atoms with Crippen molar-refractivity contribution in [1.82, 2.24) is 5.43 Å². The van der Waals surface area contributed by atoms with Crippen molar-refractivity contribution in [3.05, 3.63) is 50.1 Å². The van der Waals surface area contributed by atoms with Gasteiger partial charge in [-0.15, -0.1) is 11.3 Å². The van der Waals surface area contributed by atoms with Crippen molar-refractivity contribution < 1.29 is 9.53 Å². The van der Waals surface area contributed by atoms with Crippen LogP contribution in [0.4, 0.5) is 0 Å². The van der Waals surface area contributed by atoms with E-state index >= 15 is 0 Å². The Hall–Kier alpha value is -1.37. The first-order valence-corrected chi connectivity index (χ1v) is 8.06. The number of rotatable bonds is 5.